The Morgan fingerprint density at radius 1 is 1.19 bits per heavy atom. The van der Waals surface area contributed by atoms with Crippen LogP contribution in [-0.4, -0.2) is 42.7 Å². The maximum Gasteiger partial charge on any atom is 0.231 e. The molecule has 8 nitrogen and oxygen atoms in total. The molecule has 1 saturated heterocycles. The van der Waals surface area contributed by atoms with Crippen molar-refractivity contribution in [2.24, 2.45) is 0 Å². The quantitative estimate of drug-likeness (QED) is 0.813. The molecule has 2 N–H and O–H groups in total. The summed E-state index contributed by atoms with van der Waals surface area (Å²) < 4.78 is 33.9. The summed E-state index contributed by atoms with van der Waals surface area (Å²) in [6, 6.07) is 7.48. The van der Waals surface area contributed by atoms with Gasteiger partial charge in [0.05, 0.1) is 11.5 Å². The van der Waals surface area contributed by atoms with Gasteiger partial charge in [0.1, 0.15) is 5.82 Å². The first-order valence-corrected chi connectivity index (χ1v) is 10.2. The summed E-state index contributed by atoms with van der Waals surface area (Å²) in [7, 11) is -2.93. The molecule has 1 fully saturated rings. The van der Waals surface area contributed by atoms with Gasteiger partial charge < -0.3 is 20.1 Å². The number of aryl methyl sites for hydroxylation is 1. The lowest BCUT2D eigenvalue weighted by molar-refractivity contribution is 0.174. The Bertz CT molecular complexity index is 932. The number of rotatable bonds is 5. The molecule has 0 aliphatic carbocycles. The third-order valence-corrected chi connectivity index (χ3v) is 6.09. The van der Waals surface area contributed by atoms with Crippen LogP contribution in [0, 0.1) is 6.92 Å². The monoisotopic (exact) mass is 376 g/mol. The molecule has 0 bridgehead atoms. The summed E-state index contributed by atoms with van der Waals surface area (Å²) in [5, 5.41) is 6.40. The van der Waals surface area contributed by atoms with E-state index in [1.54, 1.807) is 0 Å². The van der Waals surface area contributed by atoms with Crippen LogP contribution < -0.4 is 20.1 Å². The van der Waals surface area contributed by atoms with Crippen LogP contribution in [0.15, 0.2) is 24.3 Å². The van der Waals surface area contributed by atoms with Gasteiger partial charge in [-0.15, -0.1) is 0 Å². The fourth-order valence-corrected chi connectivity index (χ4v) is 4.74. The van der Waals surface area contributed by atoms with E-state index in [0.29, 0.717) is 24.7 Å². The van der Waals surface area contributed by atoms with Crippen molar-refractivity contribution in [3.05, 3.63) is 35.5 Å². The number of aromatic nitrogens is 2. The predicted molar refractivity (Wildman–Crippen MR) is 97.3 cm³/mol. The first-order chi connectivity index (χ1) is 12.5. The predicted octanol–water partition coefficient (Wildman–Crippen LogP) is 1.72. The standard InChI is InChI=1S/C17H20N4O4S/c1-11-6-16(20-13-4-5-26(22,23)9-13)21-17(19-11)18-8-12-2-3-14-15(7-12)25-10-24-14/h2-3,6-7,13H,4-5,8-10H2,1H3,(H2,18,19,20,21). The summed E-state index contributed by atoms with van der Waals surface area (Å²) in [5.74, 6) is 2.98. The first kappa shape index (κ1) is 16.9. The molecule has 0 spiro atoms. The third-order valence-electron chi connectivity index (χ3n) is 4.33. The Hall–Kier alpha value is -2.55. The van der Waals surface area contributed by atoms with Crippen molar-refractivity contribution >= 4 is 21.6 Å². The van der Waals surface area contributed by atoms with Gasteiger partial charge in [0.15, 0.2) is 21.3 Å². The molecule has 1 atom stereocenters. The number of ether oxygens (including phenoxy) is 2. The molecule has 1 aromatic heterocycles. The van der Waals surface area contributed by atoms with Crippen molar-refractivity contribution in [3.63, 3.8) is 0 Å². The van der Waals surface area contributed by atoms with Crippen LogP contribution in [0.1, 0.15) is 17.7 Å². The van der Waals surface area contributed by atoms with E-state index >= 15 is 0 Å². The normalized spacial score (nSPS) is 20.1. The fraction of sp³-hybridized carbons (Fsp3) is 0.412. The molecule has 4 rings (SSSR count). The van der Waals surface area contributed by atoms with Gasteiger partial charge in [-0.1, -0.05) is 6.07 Å². The van der Waals surface area contributed by atoms with E-state index in [4.69, 9.17) is 9.47 Å². The highest BCUT2D eigenvalue weighted by molar-refractivity contribution is 7.91. The number of benzene rings is 1. The van der Waals surface area contributed by atoms with Crippen molar-refractivity contribution in [1.82, 2.24) is 9.97 Å². The van der Waals surface area contributed by atoms with Crippen molar-refractivity contribution in [3.8, 4) is 11.5 Å². The molecule has 138 valence electrons. The zero-order valence-corrected chi connectivity index (χ0v) is 15.2. The van der Waals surface area contributed by atoms with Gasteiger partial charge in [0, 0.05) is 24.3 Å². The number of hydrogen-bond acceptors (Lipinski definition) is 8. The van der Waals surface area contributed by atoms with Crippen molar-refractivity contribution in [2.75, 3.05) is 28.9 Å². The molecule has 3 heterocycles. The van der Waals surface area contributed by atoms with Crippen LogP contribution in [0.5, 0.6) is 11.5 Å². The molecule has 0 radical (unpaired) electrons. The molecule has 1 unspecified atom stereocenters. The van der Waals surface area contributed by atoms with Crippen LogP contribution in [-0.2, 0) is 16.4 Å². The Labute approximate surface area is 151 Å². The van der Waals surface area contributed by atoms with E-state index in [2.05, 4.69) is 20.6 Å². The van der Waals surface area contributed by atoms with E-state index in [1.165, 1.54) is 0 Å². The second kappa shape index (κ2) is 6.64. The zero-order chi connectivity index (χ0) is 18.1. The Morgan fingerprint density at radius 2 is 2.04 bits per heavy atom. The lowest BCUT2D eigenvalue weighted by Crippen LogP contribution is -2.21. The SMILES string of the molecule is Cc1cc(NC2CCS(=O)(=O)C2)nc(NCc2ccc3c(c2)OCO3)n1. The van der Waals surface area contributed by atoms with Crippen molar-refractivity contribution in [1.29, 1.82) is 0 Å². The molecule has 2 aliphatic rings. The smallest absolute Gasteiger partial charge is 0.231 e. The largest absolute Gasteiger partial charge is 0.454 e. The molecule has 9 heteroatoms. The van der Waals surface area contributed by atoms with Crippen LogP contribution in [0.4, 0.5) is 11.8 Å². The van der Waals surface area contributed by atoms with Crippen LogP contribution >= 0.6 is 0 Å². The summed E-state index contributed by atoms with van der Waals surface area (Å²) >= 11 is 0. The second-order valence-corrected chi connectivity index (χ2v) is 8.73. The number of sulfone groups is 1. The summed E-state index contributed by atoms with van der Waals surface area (Å²) in [5.41, 5.74) is 1.83. The van der Waals surface area contributed by atoms with Crippen LogP contribution in [0.3, 0.4) is 0 Å². The van der Waals surface area contributed by atoms with E-state index in [1.807, 2.05) is 31.2 Å². The molecular weight excluding hydrogens is 356 g/mol. The van der Waals surface area contributed by atoms with Crippen molar-refractivity contribution < 1.29 is 17.9 Å². The fourth-order valence-electron chi connectivity index (χ4n) is 3.07. The number of fused-ring (bicyclic) bond motifs is 1. The molecule has 0 saturated carbocycles. The van der Waals surface area contributed by atoms with Gasteiger partial charge in [0.25, 0.3) is 0 Å². The Balaban J connectivity index is 1.43. The molecule has 1 aromatic carbocycles. The Morgan fingerprint density at radius 3 is 2.85 bits per heavy atom. The average molecular weight is 376 g/mol. The second-order valence-electron chi connectivity index (χ2n) is 6.50. The Kier molecular flexibility index (Phi) is 4.31. The highest BCUT2D eigenvalue weighted by Crippen LogP contribution is 2.32. The average Bonchev–Trinajstić information content (AvgIpc) is 3.18. The minimum Gasteiger partial charge on any atom is -0.454 e. The summed E-state index contributed by atoms with van der Waals surface area (Å²) in [4.78, 5) is 8.84. The summed E-state index contributed by atoms with van der Waals surface area (Å²) in [6.07, 6.45) is 0.603. The minimum atomic E-state index is -2.93. The number of nitrogens with one attached hydrogen (secondary N) is 2. The lowest BCUT2D eigenvalue weighted by atomic mass is 10.2. The molecule has 2 aliphatic heterocycles. The van der Waals surface area contributed by atoms with Gasteiger partial charge in [-0.3, -0.25) is 0 Å². The van der Waals surface area contributed by atoms with Gasteiger partial charge in [-0.25, -0.2) is 13.4 Å². The lowest BCUT2D eigenvalue weighted by Gasteiger charge is -2.13. The van der Waals surface area contributed by atoms with Gasteiger partial charge in [-0.05, 0) is 31.0 Å². The number of nitrogens with zero attached hydrogens (tertiary/aromatic N) is 2. The van der Waals surface area contributed by atoms with E-state index in [9.17, 15) is 8.42 Å². The zero-order valence-electron chi connectivity index (χ0n) is 14.4. The first-order valence-electron chi connectivity index (χ1n) is 8.42. The molecular formula is C17H20N4O4S. The van der Waals surface area contributed by atoms with Crippen LogP contribution in [0.25, 0.3) is 0 Å². The summed E-state index contributed by atoms with van der Waals surface area (Å²) in [6.45, 7) is 2.67. The highest BCUT2D eigenvalue weighted by Gasteiger charge is 2.28. The highest BCUT2D eigenvalue weighted by atomic mass is 32.2. The molecule has 2 aromatic rings. The van der Waals surface area contributed by atoms with Gasteiger partial charge in [-0.2, -0.15) is 4.98 Å². The van der Waals surface area contributed by atoms with Gasteiger partial charge in [0.2, 0.25) is 12.7 Å². The molecule has 0 amide bonds. The van der Waals surface area contributed by atoms with E-state index in [-0.39, 0.29) is 24.3 Å². The maximum atomic E-state index is 11.6. The van der Waals surface area contributed by atoms with Crippen molar-refractivity contribution in [2.45, 2.75) is 25.9 Å². The topological polar surface area (TPSA) is 102 Å². The van der Waals surface area contributed by atoms with E-state index < -0.39 is 9.84 Å². The number of hydrogen-bond donors (Lipinski definition) is 2. The molecule has 26 heavy (non-hydrogen) atoms. The van der Waals surface area contributed by atoms with E-state index in [0.717, 1.165) is 22.8 Å². The third kappa shape index (κ3) is 3.82. The maximum absolute atomic E-state index is 11.6. The minimum absolute atomic E-state index is 0.101. The van der Waals surface area contributed by atoms with Crippen LogP contribution in [0.2, 0.25) is 0 Å². The van der Waals surface area contributed by atoms with Gasteiger partial charge >= 0.3 is 0 Å². The number of anilines is 2.